The van der Waals surface area contributed by atoms with E-state index in [-0.39, 0.29) is 12.2 Å². The van der Waals surface area contributed by atoms with E-state index in [0.717, 1.165) is 22.6 Å². The Morgan fingerprint density at radius 3 is 2.50 bits per heavy atom. The molecule has 4 heteroatoms. The van der Waals surface area contributed by atoms with Crippen molar-refractivity contribution < 1.29 is 14.6 Å². The van der Waals surface area contributed by atoms with Crippen molar-refractivity contribution in [3.63, 3.8) is 0 Å². The Morgan fingerprint density at radius 1 is 1.35 bits per heavy atom. The van der Waals surface area contributed by atoms with Crippen LogP contribution in [0.2, 0.25) is 0 Å². The van der Waals surface area contributed by atoms with Gasteiger partial charge in [0, 0.05) is 42.3 Å². The minimum Gasteiger partial charge on any atom is -0.496 e. The maximum Gasteiger partial charge on any atom is 0.128 e. The topological polar surface area (TPSA) is 51.6 Å². The van der Waals surface area contributed by atoms with Crippen molar-refractivity contribution in [2.45, 2.75) is 64.8 Å². The number of aliphatic hydroxyl groups is 1. The van der Waals surface area contributed by atoms with Gasteiger partial charge in [-0.2, -0.15) is 0 Å². The van der Waals surface area contributed by atoms with Crippen LogP contribution in [0.5, 0.6) is 5.75 Å². The predicted octanol–water partition coefficient (Wildman–Crippen LogP) is 2.57. The lowest BCUT2D eigenvalue weighted by Crippen LogP contribution is -2.45. The summed E-state index contributed by atoms with van der Waals surface area (Å²) in [6, 6.07) is 0. The SMILES string of the molecule is COc1c(C)cnc(CC2(O)CC(C)OC(C)C2)c1C. The summed E-state index contributed by atoms with van der Waals surface area (Å²) in [4.78, 5) is 4.49. The van der Waals surface area contributed by atoms with Crippen LogP contribution in [0.15, 0.2) is 6.20 Å². The highest BCUT2D eigenvalue weighted by molar-refractivity contribution is 5.41. The van der Waals surface area contributed by atoms with Gasteiger partial charge in [0.15, 0.2) is 0 Å². The van der Waals surface area contributed by atoms with Gasteiger partial charge in [-0.25, -0.2) is 0 Å². The molecule has 1 aliphatic rings. The van der Waals surface area contributed by atoms with Gasteiger partial charge in [0.05, 0.1) is 24.9 Å². The molecule has 2 unspecified atom stereocenters. The van der Waals surface area contributed by atoms with E-state index in [1.807, 2.05) is 33.9 Å². The zero-order valence-corrected chi connectivity index (χ0v) is 13.1. The van der Waals surface area contributed by atoms with Gasteiger partial charge in [-0.15, -0.1) is 0 Å². The Labute approximate surface area is 121 Å². The summed E-state index contributed by atoms with van der Waals surface area (Å²) in [5.41, 5.74) is 2.22. The monoisotopic (exact) mass is 279 g/mol. The van der Waals surface area contributed by atoms with Crippen LogP contribution in [0.4, 0.5) is 0 Å². The highest BCUT2D eigenvalue weighted by atomic mass is 16.5. The van der Waals surface area contributed by atoms with Crippen LogP contribution in [0.3, 0.4) is 0 Å². The van der Waals surface area contributed by atoms with Crippen molar-refractivity contribution in [3.05, 3.63) is 23.0 Å². The molecule has 0 radical (unpaired) electrons. The highest BCUT2D eigenvalue weighted by Gasteiger charge is 2.37. The second-order valence-electron chi connectivity index (χ2n) is 6.11. The molecule has 1 aliphatic heterocycles. The van der Waals surface area contributed by atoms with Crippen LogP contribution < -0.4 is 4.74 Å². The molecule has 20 heavy (non-hydrogen) atoms. The molecule has 0 spiro atoms. The quantitative estimate of drug-likeness (QED) is 0.924. The fourth-order valence-corrected chi connectivity index (χ4v) is 3.35. The largest absolute Gasteiger partial charge is 0.496 e. The molecule has 1 aromatic rings. The van der Waals surface area contributed by atoms with Crippen molar-refractivity contribution in [2.75, 3.05) is 7.11 Å². The van der Waals surface area contributed by atoms with E-state index < -0.39 is 5.60 Å². The molecule has 0 aliphatic carbocycles. The maximum atomic E-state index is 10.9. The first kappa shape index (κ1) is 15.3. The number of pyridine rings is 1. The Balaban J connectivity index is 2.25. The summed E-state index contributed by atoms with van der Waals surface area (Å²) >= 11 is 0. The molecule has 0 amide bonds. The Hall–Kier alpha value is -1.13. The number of methoxy groups -OCH3 is 1. The first-order valence-corrected chi connectivity index (χ1v) is 7.21. The van der Waals surface area contributed by atoms with E-state index in [1.54, 1.807) is 7.11 Å². The summed E-state index contributed by atoms with van der Waals surface area (Å²) in [5, 5.41) is 10.9. The number of ether oxygens (including phenoxy) is 2. The smallest absolute Gasteiger partial charge is 0.128 e. The second kappa shape index (κ2) is 5.70. The average Bonchev–Trinajstić information content (AvgIpc) is 2.31. The van der Waals surface area contributed by atoms with Crippen LogP contribution in [-0.4, -0.2) is 35.0 Å². The third-order valence-electron chi connectivity index (χ3n) is 4.05. The molecule has 1 N–H and O–H groups in total. The van der Waals surface area contributed by atoms with Crippen molar-refractivity contribution >= 4 is 0 Å². The highest BCUT2D eigenvalue weighted by Crippen LogP contribution is 2.34. The van der Waals surface area contributed by atoms with Gasteiger partial charge in [-0.3, -0.25) is 4.98 Å². The summed E-state index contributed by atoms with van der Waals surface area (Å²) in [6.07, 6.45) is 3.82. The first-order chi connectivity index (χ1) is 9.34. The third-order valence-corrected chi connectivity index (χ3v) is 4.05. The van der Waals surface area contributed by atoms with Crippen LogP contribution >= 0.6 is 0 Å². The van der Waals surface area contributed by atoms with Gasteiger partial charge < -0.3 is 14.6 Å². The third kappa shape index (κ3) is 3.13. The number of rotatable bonds is 3. The normalized spacial score (nSPS) is 30.3. The molecule has 2 rings (SSSR count). The van der Waals surface area contributed by atoms with Gasteiger partial charge >= 0.3 is 0 Å². The fourth-order valence-electron chi connectivity index (χ4n) is 3.35. The van der Waals surface area contributed by atoms with Crippen molar-refractivity contribution in [1.29, 1.82) is 0 Å². The van der Waals surface area contributed by atoms with Crippen LogP contribution in [0.1, 0.15) is 43.5 Å². The molecule has 2 atom stereocenters. The lowest BCUT2D eigenvalue weighted by atomic mass is 9.83. The van der Waals surface area contributed by atoms with Gasteiger partial charge in [-0.05, 0) is 27.7 Å². The molecule has 1 aromatic heterocycles. The van der Waals surface area contributed by atoms with Crippen molar-refractivity contribution in [2.24, 2.45) is 0 Å². The van der Waals surface area contributed by atoms with E-state index in [2.05, 4.69) is 4.98 Å². The van der Waals surface area contributed by atoms with E-state index in [9.17, 15) is 5.11 Å². The average molecular weight is 279 g/mol. The van der Waals surface area contributed by atoms with Crippen LogP contribution in [0.25, 0.3) is 0 Å². The summed E-state index contributed by atoms with van der Waals surface area (Å²) in [5.74, 6) is 0.867. The molecule has 1 saturated heterocycles. The molecule has 4 nitrogen and oxygen atoms in total. The van der Waals surface area contributed by atoms with Crippen molar-refractivity contribution in [1.82, 2.24) is 4.98 Å². The predicted molar refractivity (Wildman–Crippen MR) is 78.2 cm³/mol. The van der Waals surface area contributed by atoms with Crippen LogP contribution in [-0.2, 0) is 11.2 Å². The summed E-state index contributed by atoms with van der Waals surface area (Å²) in [7, 11) is 1.67. The second-order valence-corrected chi connectivity index (χ2v) is 6.11. The molecule has 0 bridgehead atoms. The van der Waals surface area contributed by atoms with E-state index >= 15 is 0 Å². The molecular weight excluding hydrogens is 254 g/mol. The zero-order valence-electron chi connectivity index (χ0n) is 13.1. The molecule has 2 heterocycles. The standard InChI is InChI=1S/C16H25NO3/c1-10-9-17-14(13(4)15(10)19-5)8-16(18)6-11(2)20-12(3)7-16/h9,11-12,18H,6-8H2,1-5H3. The molecular formula is C16H25NO3. The van der Waals surface area contributed by atoms with Gasteiger partial charge in [-0.1, -0.05) is 0 Å². The van der Waals surface area contributed by atoms with E-state index in [4.69, 9.17) is 9.47 Å². The zero-order chi connectivity index (χ0) is 14.9. The lowest BCUT2D eigenvalue weighted by Gasteiger charge is -2.39. The van der Waals surface area contributed by atoms with Gasteiger partial charge in [0.2, 0.25) is 0 Å². The number of hydrogen-bond acceptors (Lipinski definition) is 4. The minimum absolute atomic E-state index is 0.0800. The van der Waals surface area contributed by atoms with E-state index in [1.165, 1.54) is 0 Å². The Bertz CT molecular complexity index is 477. The molecule has 0 aromatic carbocycles. The molecule has 0 saturated carbocycles. The van der Waals surface area contributed by atoms with Gasteiger partial charge in [0.1, 0.15) is 5.75 Å². The summed E-state index contributed by atoms with van der Waals surface area (Å²) < 4.78 is 11.1. The Kier molecular flexibility index (Phi) is 4.35. The van der Waals surface area contributed by atoms with E-state index in [0.29, 0.717) is 19.3 Å². The maximum absolute atomic E-state index is 10.9. The number of hydrogen-bond donors (Lipinski definition) is 1. The molecule has 1 fully saturated rings. The van der Waals surface area contributed by atoms with Gasteiger partial charge in [0.25, 0.3) is 0 Å². The minimum atomic E-state index is -0.741. The van der Waals surface area contributed by atoms with Crippen LogP contribution in [0, 0.1) is 13.8 Å². The number of aromatic nitrogens is 1. The number of nitrogens with zero attached hydrogens (tertiary/aromatic N) is 1. The fraction of sp³-hybridized carbons (Fsp3) is 0.688. The molecule has 112 valence electrons. The Morgan fingerprint density at radius 2 is 1.95 bits per heavy atom. The summed E-state index contributed by atoms with van der Waals surface area (Å²) in [6.45, 7) is 8.01. The number of aryl methyl sites for hydroxylation is 1. The lowest BCUT2D eigenvalue weighted by molar-refractivity contribution is -0.131. The first-order valence-electron chi connectivity index (χ1n) is 7.21. The van der Waals surface area contributed by atoms with Crippen molar-refractivity contribution in [3.8, 4) is 5.75 Å².